The number of fused-ring (bicyclic) bond motifs is 8. The van der Waals surface area contributed by atoms with E-state index in [4.69, 9.17) is 18.9 Å². The second-order valence-electron chi connectivity index (χ2n) is 26.6. The zero-order valence-electron chi connectivity index (χ0n) is 57.7. The zero-order valence-corrected chi connectivity index (χ0v) is 57.7. The molecule has 4 unspecified atom stereocenters. The van der Waals surface area contributed by atoms with E-state index in [9.17, 15) is 19.2 Å². The Morgan fingerprint density at radius 1 is 0.292 bits per heavy atom. The van der Waals surface area contributed by atoms with Crippen molar-refractivity contribution in [3.8, 4) is 23.0 Å². The fourth-order valence-electron chi connectivity index (χ4n) is 13.4. The summed E-state index contributed by atoms with van der Waals surface area (Å²) in [7, 11) is 6.80. The number of rotatable bonds is 24. The number of nitrogens with one attached hydrogen (secondary N) is 8. The molecule has 4 atom stereocenters. The molecule has 8 aromatic rings. The maximum atomic E-state index is 14.1. The van der Waals surface area contributed by atoms with E-state index in [0.29, 0.717) is 71.4 Å². The zero-order chi connectivity index (χ0) is 68.4. The lowest BCUT2D eigenvalue weighted by Gasteiger charge is -2.33. The van der Waals surface area contributed by atoms with E-state index in [-0.39, 0.29) is 97.6 Å². The third-order valence-electron chi connectivity index (χ3n) is 17.7. The van der Waals surface area contributed by atoms with Gasteiger partial charge in [0, 0.05) is 94.9 Å². The van der Waals surface area contributed by atoms with Gasteiger partial charge in [-0.25, -0.2) is 19.2 Å². The number of urea groups is 4. The summed E-state index contributed by atoms with van der Waals surface area (Å²) in [6.07, 6.45) is 2.64. The molecule has 8 amide bonds. The molecule has 8 bridgehead atoms. The molecule has 0 radical (unpaired) electrons. The van der Waals surface area contributed by atoms with E-state index in [1.807, 2.05) is 121 Å². The van der Waals surface area contributed by atoms with E-state index in [0.717, 1.165) is 66.8 Å². The summed E-state index contributed by atoms with van der Waals surface area (Å²) < 4.78 is 26.6. The van der Waals surface area contributed by atoms with Crippen molar-refractivity contribution >= 4 is 46.9 Å². The smallest absolute Gasteiger partial charge is 0.319 e. The summed E-state index contributed by atoms with van der Waals surface area (Å²) in [5, 5.41) is 25.0. The molecule has 0 saturated carbocycles. The number of ether oxygens (including phenoxy) is 4. The SMILES string of the molecule is COc1cc(CNC(=O)Nc2ccccc2)c2cc1C(CC(C)C)c1cc(c(OC)cc1CNC(=O)Nc1ccccc1)C(CC(C)C)c1cc(c(OC)cc1CNC(=O)Nc1ccccc1)C(CC(C)C)c1cc(c(OC)cc1CNC(=O)Nc1ccccc1)C2CC(C)C. The largest absolute Gasteiger partial charge is 0.496 e. The van der Waals surface area contributed by atoms with Crippen LogP contribution in [-0.4, -0.2) is 52.6 Å². The number of benzene rings is 8. The molecule has 16 heteroatoms. The second-order valence-corrected chi connectivity index (χ2v) is 26.6. The molecule has 0 fully saturated rings. The van der Waals surface area contributed by atoms with Crippen molar-refractivity contribution in [2.45, 2.75) is 131 Å². The van der Waals surface area contributed by atoms with Crippen LogP contribution in [0.25, 0.3) is 0 Å². The predicted molar refractivity (Wildman–Crippen MR) is 386 cm³/mol. The van der Waals surface area contributed by atoms with Gasteiger partial charge < -0.3 is 61.5 Å². The standard InChI is InChI=1S/C80H96N8O8/c1-49(2)33-65-61-41-70(74(94-10)37-53(61)45-81-77(89)85-57-25-17-13-18-26-57)67(35-51(5)6)63-43-72(76(96-12)39-55(63)47-83-79(91)87-59-29-21-15-22-30-59)68(36-52(7)8)64-44-71(75(95-11)40-56(64)48-84-80(92)88-60-31-23-16-24-32-60)66(34-50(3)4)62-42-69(65)73(93-9)38-54(62)46-82-78(90)86-58-27-19-14-20-28-58/h13-32,37-44,49-52,65-68H,33-36,45-48H2,1-12H3,(H2,81,85,89)(H2,82,86,90)(H2,83,87,91)(H2,84,88,92). The van der Waals surface area contributed by atoms with Crippen molar-refractivity contribution in [3.05, 3.63) is 237 Å². The number of anilines is 4. The Labute approximate surface area is 567 Å². The molecule has 1 aliphatic carbocycles. The Bertz CT molecular complexity index is 3410. The van der Waals surface area contributed by atoms with Gasteiger partial charge in [0.2, 0.25) is 0 Å². The number of amides is 8. The third-order valence-corrected chi connectivity index (χ3v) is 17.7. The molecular formula is C80H96N8O8. The minimum atomic E-state index is -0.368. The molecular weight excluding hydrogens is 1200 g/mol. The summed E-state index contributed by atoms with van der Waals surface area (Å²) in [4.78, 5) is 56.4. The van der Waals surface area contributed by atoms with Gasteiger partial charge in [-0.1, -0.05) is 152 Å². The van der Waals surface area contributed by atoms with Crippen LogP contribution in [0, 0.1) is 23.7 Å². The first kappa shape index (κ1) is 70.4. The topological polar surface area (TPSA) is 201 Å². The van der Waals surface area contributed by atoms with Crippen molar-refractivity contribution in [2.75, 3.05) is 49.7 Å². The number of hydrogen-bond donors (Lipinski definition) is 8. The Morgan fingerprint density at radius 2 is 0.479 bits per heavy atom. The lowest BCUT2D eigenvalue weighted by Crippen LogP contribution is -2.30. The Balaban J connectivity index is 1.38. The van der Waals surface area contributed by atoms with E-state index in [2.05, 4.69) is 146 Å². The van der Waals surface area contributed by atoms with Crippen molar-refractivity contribution in [1.29, 1.82) is 0 Å². The fourth-order valence-corrected chi connectivity index (χ4v) is 13.4. The molecule has 16 nitrogen and oxygen atoms in total. The molecule has 8 N–H and O–H groups in total. The molecule has 0 spiro atoms. The van der Waals surface area contributed by atoms with Gasteiger partial charge in [0.05, 0.1) is 28.4 Å². The number of hydrogen-bond acceptors (Lipinski definition) is 8. The molecule has 0 heterocycles. The van der Waals surface area contributed by atoms with Gasteiger partial charge in [-0.2, -0.15) is 0 Å². The maximum absolute atomic E-state index is 14.1. The van der Waals surface area contributed by atoms with Crippen LogP contribution in [0.1, 0.15) is 172 Å². The molecule has 0 aromatic heterocycles. The third kappa shape index (κ3) is 18.3. The van der Waals surface area contributed by atoms with E-state index in [1.165, 1.54) is 0 Å². The van der Waals surface area contributed by atoms with Gasteiger partial charge in [-0.05, 0) is 167 Å². The number of para-hydroxylation sites is 4. The first-order valence-corrected chi connectivity index (χ1v) is 33.6. The lowest BCUT2D eigenvalue weighted by atomic mass is 9.73. The van der Waals surface area contributed by atoms with Gasteiger partial charge in [-0.3, -0.25) is 0 Å². The minimum absolute atomic E-state index is 0.141. The van der Waals surface area contributed by atoms with Gasteiger partial charge in [-0.15, -0.1) is 0 Å². The van der Waals surface area contributed by atoms with Crippen LogP contribution in [0.15, 0.2) is 170 Å². The molecule has 9 rings (SSSR count). The van der Waals surface area contributed by atoms with E-state index in [1.54, 1.807) is 28.4 Å². The number of methoxy groups -OCH3 is 4. The lowest BCUT2D eigenvalue weighted by molar-refractivity contribution is 0.251. The van der Waals surface area contributed by atoms with E-state index >= 15 is 0 Å². The fraction of sp³-hybridized carbons (Fsp3) is 0.350. The van der Waals surface area contributed by atoms with Crippen LogP contribution in [0.5, 0.6) is 23.0 Å². The van der Waals surface area contributed by atoms with Crippen LogP contribution in [0.3, 0.4) is 0 Å². The van der Waals surface area contributed by atoms with Crippen molar-refractivity contribution in [2.24, 2.45) is 23.7 Å². The van der Waals surface area contributed by atoms with Crippen molar-refractivity contribution < 1.29 is 38.1 Å². The monoisotopic (exact) mass is 1300 g/mol. The average Bonchev–Trinajstić information content (AvgIpc) is 0.753. The van der Waals surface area contributed by atoms with Crippen molar-refractivity contribution in [3.63, 3.8) is 0 Å². The number of carbonyl (C=O) groups is 4. The summed E-state index contributed by atoms with van der Waals surface area (Å²) in [5.74, 6) is 1.67. The highest BCUT2D eigenvalue weighted by Crippen LogP contribution is 2.51. The Hall–Kier alpha value is -9.96. The normalized spacial score (nSPS) is 14.9. The highest BCUT2D eigenvalue weighted by Gasteiger charge is 2.35. The molecule has 1 aliphatic rings. The van der Waals surface area contributed by atoms with Gasteiger partial charge >= 0.3 is 24.1 Å². The average molecular weight is 1300 g/mol. The Morgan fingerprint density at radius 3 is 0.646 bits per heavy atom. The highest BCUT2D eigenvalue weighted by molar-refractivity contribution is 5.91. The quantitative estimate of drug-likeness (QED) is 0.0292. The van der Waals surface area contributed by atoms with Crippen LogP contribution >= 0.6 is 0 Å². The van der Waals surface area contributed by atoms with Gasteiger partial charge in [0.25, 0.3) is 0 Å². The summed E-state index contributed by atoms with van der Waals surface area (Å²) in [6.45, 7) is 18.4. The highest BCUT2D eigenvalue weighted by atomic mass is 16.5. The number of carbonyl (C=O) groups excluding carboxylic acids is 4. The summed E-state index contributed by atoms with van der Waals surface area (Å²) >= 11 is 0. The van der Waals surface area contributed by atoms with Crippen LogP contribution in [0.4, 0.5) is 41.9 Å². The molecule has 8 aromatic carbocycles. The minimum Gasteiger partial charge on any atom is -0.496 e. The summed E-state index contributed by atoms with van der Waals surface area (Å²) in [6, 6.07) is 53.6. The van der Waals surface area contributed by atoms with Crippen LogP contribution in [0.2, 0.25) is 0 Å². The predicted octanol–water partition coefficient (Wildman–Crippen LogP) is 18.0. The van der Waals surface area contributed by atoms with Crippen LogP contribution < -0.4 is 61.5 Å². The van der Waals surface area contributed by atoms with E-state index < -0.39 is 0 Å². The molecule has 96 heavy (non-hydrogen) atoms. The van der Waals surface area contributed by atoms with Gasteiger partial charge in [0.1, 0.15) is 23.0 Å². The van der Waals surface area contributed by atoms with Gasteiger partial charge in [0.15, 0.2) is 0 Å². The maximum Gasteiger partial charge on any atom is 0.319 e. The van der Waals surface area contributed by atoms with Crippen LogP contribution in [-0.2, 0) is 26.2 Å². The molecule has 0 saturated heterocycles. The summed E-state index contributed by atoms with van der Waals surface area (Å²) in [5.41, 5.74) is 13.6. The second kappa shape index (κ2) is 33.4. The first-order valence-electron chi connectivity index (χ1n) is 33.6. The first-order chi connectivity index (χ1) is 46.3. The molecule has 504 valence electrons. The Kier molecular flexibility index (Phi) is 24.5. The van der Waals surface area contributed by atoms with Crippen molar-refractivity contribution in [1.82, 2.24) is 21.3 Å². The molecule has 0 aliphatic heterocycles.